The Morgan fingerprint density at radius 1 is 1.02 bits per heavy atom. The fourth-order valence-corrected chi connectivity index (χ4v) is 9.11. The molecule has 14 heteroatoms. The van der Waals surface area contributed by atoms with Crippen molar-refractivity contribution in [2.75, 3.05) is 40.3 Å². The van der Waals surface area contributed by atoms with Crippen molar-refractivity contribution in [3.63, 3.8) is 0 Å². The summed E-state index contributed by atoms with van der Waals surface area (Å²) in [4.78, 5) is 33.2. The van der Waals surface area contributed by atoms with Gasteiger partial charge in [0.05, 0.1) is 29.2 Å². The van der Waals surface area contributed by atoms with Crippen LogP contribution in [0.5, 0.6) is 28.7 Å². The number of allylic oxidation sites excluding steroid dienone is 1. The highest BCUT2D eigenvalue weighted by molar-refractivity contribution is 6.03. The Labute approximate surface area is 337 Å². The predicted octanol–water partition coefficient (Wildman–Crippen LogP) is 7.54. The molecule has 2 N–H and O–H groups in total. The van der Waals surface area contributed by atoms with Gasteiger partial charge < -0.3 is 43.6 Å². The van der Waals surface area contributed by atoms with Crippen molar-refractivity contribution in [2.45, 2.75) is 69.6 Å². The van der Waals surface area contributed by atoms with Gasteiger partial charge in [-0.3, -0.25) is 14.9 Å². The number of aliphatic hydroxyl groups is 2. The molecule has 1 fully saturated rings. The molecule has 0 bridgehead atoms. The summed E-state index contributed by atoms with van der Waals surface area (Å²) in [5.74, 6) is -0.0632. The maximum absolute atomic E-state index is 14.6. The largest absolute Gasteiger partial charge is 0.459 e. The highest BCUT2D eigenvalue weighted by atomic mass is 16.7. The second kappa shape index (κ2) is 18.0. The van der Waals surface area contributed by atoms with Crippen molar-refractivity contribution in [3.8, 4) is 28.7 Å². The van der Waals surface area contributed by atoms with E-state index < -0.39 is 22.7 Å². The molecule has 0 saturated heterocycles. The molecular formula is C44H51N3O11. The van der Waals surface area contributed by atoms with Crippen LogP contribution in [-0.2, 0) is 9.57 Å². The topological polar surface area (TPSA) is 172 Å². The highest BCUT2D eigenvalue weighted by Gasteiger charge is 2.65. The molecule has 14 nitrogen and oxygen atoms in total. The number of rotatable bonds is 18. The lowest BCUT2D eigenvalue weighted by Gasteiger charge is -2.59. The first-order chi connectivity index (χ1) is 28.2. The van der Waals surface area contributed by atoms with Gasteiger partial charge in [0.2, 0.25) is 12.6 Å². The number of hydrogen-bond donors (Lipinski definition) is 2. The Morgan fingerprint density at radius 3 is 2.53 bits per heavy atom. The molecule has 0 spiro atoms. The Morgan fingerprint density at radius 2 is 1.78 bits per heavy atom. The van der Waals surface area contributed by atoms with Gasteiger partial charge in [-0.25, -0.2) is 0 Å². The molecule has 1 amide bonds. The molecule has 1 saturated carbocycles. The second-order valence-electron chi connectivity index (χ2n) is 15.0. The Kier molecular flexibility index (Phi) is 12.6. The number of non-ortho nitro benzene ring substituents is 1. The van der Waals surface area contributed by atoms with Crippen molar-refractivity contribution >= 4 is 17.3 Å². The van der Waals surface area contributed by atoms with Gasteiger partial charge in [-0.2, -0.15) is 0 Å². The monoisotopic (exact) mass is 797 g/mol. The molecule has 58 heavy (non-hydrogen) atoms. The van der Waals surface area contributed by atoms with E-state index in [9.17, 15) is 25.1 Å². The van der Waals surface area contributed by atoms with Gasteiger partial charge in [0.25, 0.3) is 11.6 Å². The average Bonchev–Trinajstić information content (AvgIpc) is 3.71. The van der Waals surface area contributed by atoms with Crippen LogP contribution in [-0.4, -0.2) is 83.8 Å². The zero-order chi connectivity index (χ0) is 40.8. The summed E-state index contributed by atoms with van der Waals surface area (Å²) in [7, 11) is 1.74. The lowest BCUT2D eigenvalue weighted by molar-refractivity contribution is -0.384. The van der Waals surface area contributed by atoms with E-state index >= 15 is 0 Å². The molecule has 0 aromatic heterocycles. The molecule has 7 rings (SSSR count). The molecule has 308 valence electrons. The number of amides is 1. The Hall–Kier alpha value is -5.44. The number of benzene rings is 3. The summed E-state index contributed by atoms with van der Waals surface area (Å²) in [5.41, 5.74) is 2.76. The van der Waals surface area contributed by atoms with Crippen LogP contribution in [0.1, 0.15) is 73.7 Å². The van der Waals surface area contributed by atoms with Crippen LogP contribution in [0.25, 0.3) is 0 Å². The third-order valence-electron chi connectivity index (χ3n) is 11.6. The fraction of sp³-hybridized carbons (Fsp3) is 0.455. The number of unbranched alkanes of at least 4 members (excludes halogenated alkanes) is 2. The summed E-state index contributed by atoms with van der Waals surface area (Å²) in [6.07, 6.45) is 8.58. The average molecular weight is 798 g/mol. The standard InChI is InChI=1S/C44H51N3O11/c1-4-21-55-44-40(46(3)43(50)29-15-17-38-39(23-29)54-27-53-38)26-36(45-56-5-2)34-22-28(11-6-8-19-48)33(14-7-9-20-49)41(42(34)44)35-25-32(16-18-37(35)58-44)57-31-13-10-12-30(24-31)47(51)52/h4,10,12-13,15-18,22-25,28,33,40-42,48-49H,1,5-9,11,14,19-21,26-27H2,2-3H3/t28-,33+,40-,41+,42+,44+/m0/s1. The number of aliphatic hydroxyl groups excluding tert-OH is 2. The summed E-state index contributed by atoms with van der Waals surface area (Å²) in [6, 6.07) is 16.0. The second-order valence-corrected chi connectivity index (χ2v) is 15.0. The van der Waals surface area contributed by atoms with Crippen LogP contribution in [0.15, 0.2) is 90.1 Å². The van der Waals surface area contributed by atoms with E-state index in [0.29, 0.717) is 59.5 Å². The lowest BCUT2D eigenvalue weighted by atomic mass is 9.55. The minimum absolute atomic E-state index is 0.00312. The molecule has 0 radical (unpaired) electrons. The number of oxime groups is 1. The van der Waals surface area contributed by atoms with Crippen molar-refractivity contribution in [1.82, 2.24) is 4.90 Å². The molecule has 0 unspecified atom stereocenters. The van der Waals surface area contributed by atoms with Gasteiger partial charge in [-0.1, -0.05) is 36.2 Å². The highest BCUT2D eigenvalue weighted by Crippen LogP contribution is 2.62. The number of nitro groups is 1. The van der Waals surface area contributed by atoms with E-state index in [2.05, 4.69) is 12.7 Å². The third-order valence-corrected chi connectivity index (χ3v) is 11.6. The normalized spacial score (nSPS) is 24.5. The van der Waals surface area contributed by atoms with E-state index in [1.807, 2.05) is 19.1 Å². The van der Waals surface area contributed by atoms with E-state index in [1.54, 1.807) is 54.4 Å². The molecule has 3 aromatic rings. The number of fused-ring (bicyclic) bond motifs is 3. The van der Waals surface area contributed by atoms with Gasteiger partial charge in [-0.05, 0) is 92.5 Å². The molecule has 2 heterocycles. The van der Waals surface area contributed by atoms with E-state index in [-0.39, 0.29) is 62.4 Å². The SMILES string of the molecule is C=CCO[C@@]12Oc3ccc(Oc4cccc([N+](=O)[O-])c4)cc3[C@H]3[C@H](CCCCO)[C@@H](CCCCO)C=C(C(=NOCC)C[C@@H]1N(C)C(=O)c1ccc4c(c1)OCO4)[C@H]32. The minimum Gasteiger partial charge on any atom is -0.459 e. The van der Waals surface area contributed by atoms with Gasteiger partial charge >= 0.3 is 0 Å². The summed E-state index contributed by atoms with van der Waals surface area (Å²) < 4.78 is 31.6. The molecule has 4 aliphatic rings. The predicted molar refractivity (Wildman–Crippen MR) is 214 cm³/mol. The van der Waals surface area contributed by atoms with Gasteiger partial charge in [-0.15, -0.1) is 6.58 Å². The molecule has 2 aliphatic heterocycles. The van der Waals surface area contributed by atoms with Crippen LogP contribution < -0.4 is 18.9 Å². The maximum Gasteiger partial charge on any atom is 0.273 e. The molecule has 3 aromatic carbocycles. The van der Waals surface area contributed by atoms with Crippen molar-refractivity contribution in [1.29, 1.82) is 0 Å². The first-order valence-corrected chi connectivity index (χ1v) is 20.0. The quantitative estimate of drug-likeness (QED) is 0.0564. The number of hydrogen-bond acceptors (Lipinski definition) is 12. The maximum atomic E-state index is 14.6. The number of ether oxygens (including phenoxy) is 5. The van der Waals surface area contributed by atoms with Crippen molar-refractivity contribution < 1.29 is 48.5 Å². The van der Waals surface area contributed by atoms with Gasteiger partial charge in [0.15, 0.2) is 11.5 Å². The van der Waals surface area contributed by atoms with Gasteiger partial charge in [0.1, 0.15) is 29.9 Å². The Balaban J connectivity index is 1.41. The fourth-order valence-electron chi connectivity index (χ4n) is 9.11. The summed E-state index contributed by atoms with van der Waals surface area (Å²) in [5, 5.41) is 36.0. The van der Waals surface area contributed by atoms with Crippen molar-refractivity contribution in [3.05, 3.63) is 106 Å². The number of likely N-dealkylation sites (N-methyl/N-ethyl adjacent to an activating group) is 1. The third kappa shape index (κ3) is 8.00. The van der Waals surface area contributed by atoms with Crippen LogP contribution in [0.3, 0.4) is 0 Å². The van der Waals surface area contributed by atoms with Gasteiger partial charge in [0, 0.05) is 49.8 Å². The number of nitro benzene ring substituents is 1. The number of carbonyl (C=O) groups is 1. The van der Waals surface area contributed by atoms with E-state index in [4.69, 9.17) is 33.7 Å². The minimum atomic E-state index is -1.43. The zero-order valence-electron chi connectivity index (χ0n) is 32.9. The van der Waals surface area contributed by atoms with E-state index in [0.717, 1.165) is 36.8 Å². The summed E-state index contributed by atoms with van der Waals surface area (Å²) >= 11 is 0. The molecule has 2 aliphatic carbocycles. The van der Waals surface area contributed by atoms with Crippen LogP contribution >= 0.6 is 0 Å². The first-order valence-electron chi connectivity index (χ1n) is 20.0. The van der Waals surface area contributed by atoms with Crippen molar-refractivity contribution in [2.24, 2.45) is 22.9 Å². The number of nitrogens with zero attached hydrogens (tertiary/aromatic N) is 3. The molecular weight excluding hydrogens is 746 g/mol. The Bertz CT molecular complexity index is 2050. The van der Waals surface area contributed by atoms with Crippen LogP contribution in [0, 0.1) is 27.9 Å². The summed E-state index contributed by atoms with van der Waals surface area (Å²) in [6.45, 7) is 6.52. The lowest BCUT2D eigenvalue weighted by Crippen LogP contribution is -2.69. The first kappa shape index (κ1) is 40.7. The zero-order valence-corrected chi connectivity index (χ0v) is 32.9. The number of carbonyl (C=O) groups excluding carboxylic acids is 1. The smallest absolute Gasteiger partial charge is 0.273 e. The van der Waals surface area contributed by atoms with Crippen LogP contribution in [0.2, 0.25) is 0 Å². The van der Waals surface area contributed by atoms with E-state index in [1.165, 1.54) is 12.1 Å². The van der Waals surface area contributed by atoms with Crippen LogP contribution in [0.4, 0.5) is 5.69 Å². The molecule has 6 atom stereocenters.